The highest BCUT2D eigenvalue weighted by molar-refractivity contribution is 5.78. The van der Waals surface area contributed by atoms with E-state index in [-0.39, 0.29) is 18.6 Å². The summed E-state index contributed by atoms with van der Waals surface area (Å²) in [6.45, 7) is 1.45. The summed E-state index contributed by atoms with van der Waals surface area (Å²) in [6, 6.07) is 7.69. The Hall–Kier alpha value is -2.54. The molecule has 128 valence electrons. The largest absolute Gasteiger partial charge is 0.465 e. The molecule has 3 rings (SSSR count). The molecule has 0 spiro atoms. The molecule has 24 heavy (non-hydrogen) atoms. The molecule has 1 fully saturated rings. The summed E-state index contributed by atoms with van der Waals surface area (Å²) in [5, 5.41) is 12.1. The molecule has 1 atom stereocenters. The third-order valence-corrected chi connectivity index (χ3v) is 4.15. The molecular formula is C17H20N2O5. The van der Waals surface area contributed by atoms with Gasteiger partial charge in [0.1, 0.15) is 12.2 Å². The number of hydrogen-bond acceptors (Lipinski definition) is 4. The first-order valence-corrected chi connectivity index (χ1v) is 7.93. The number of carbonyl (C=O) groups excluding carboxylic acids is 1. The second-order valence-corrected chi connectivity index (χ2v) is 5.87. The number of carboxylic acid groups (broad SMARTS) is 1. The van der Waals surface area contributed by atoms with E-state index >= 15 is 0 Å². The van der Waals surface area contributed by atoms with Gasteiger partial charge in [0.05, 0.1) is 18.9 Å². The van der Waals surface area contributed by atoms with Crippen molar-refractivity contribution in [1.82, 2.24) is 10.2 Å². The Morgan fingerprint density at radius 3 is 3.08 bits per heavy atom. The number of ether oxygens (including phenoxy) is 1. The van der Waals surface area contributed by atoms with Crippen molar-refractivity contribution < 1.29 is 23.8 Å². The zero-order valence-corrected chi connectivity index (χ0v) is 13.2. The number of amides is 2. The van der Waals surface area contributed by atoms with Crippen LogP contribution in [0.15, 0.2) is 34.9 Å². The van der Waals surface area contributed by atoms with E-state index in [4.69, 9.17) is 14.3 Å². The summed E-state index contributed by atoms with van der Waals surface area (Å²) in [5.41, 5.74) is 1.98. The van der Waals surface area contributed by atoms with Crippen molar-refractivity contribution in [2.45, 2.75) is 18.9 Å². The number of benzene rings is 1. The molecule has 1 saturated heterocycles. The fourth-order valence-corrected chi connectivity index (χ4v) is 2.89. The lowest BCUT2D eigenvalue weighted by atomic mass is 10.1. The van der Waals surface area contributed by atoms with Crippen molar-refractivity contribution in [3.05, 3.63) is 36.1 Å². The minimum absolute atomic E-state index is 0.0216. The molecule has 1 aliphatic rings. The van der Waals surface area contributed by atoms with E-state index in [1.54, 1.807) is 11.2 Å². The number of carbonyl (C=O) groups is 2. The van der Waals surface area contributed by atoms with Crippen LogP contribution in [0.1, 0.15) is 12.0 Å². The molecule has 2 amide bonds. The van der Waals surface area contributed by atoms with Crippen molar-refractivity contribution in [1.29, 1.82) is 0 Å². The normalized spacial score (nSPS) is 17.3. The van der Waals surface area contributed by atoms with Crippen molar-refractivity contribution in [2.75, 3.05) is 26.3 Å². The Morgan fingerprint density at radius 2 is 2.25 bits per heavy atom. The summed E-state index contributed by atoms with van der Waals surface area (Å²) >= 11 is 0. The van der Waals surface area contributed by atoms with Crippen LogP contribution in [0.3, 0.4) is 0 Å². The Kier molecular flexibility index (Phi) is 5.00. The molecule has 0 bridgehead atoms. The molecule has 2 N–H and O–H groups in total. The van der Waals surface area contributed by atoms with Crippen LogP contribution in [0.5, 0.6) is 0 Å². The topological polar surface area (TPSA) is 92.0 Å². The van der Waals surface area contributed by atoms with Gasteiger partial charge < -0.3 is 24.5 Å². The van der Waals surface area contributed by atoms with Gasteiger partial charge in [0.15, 0.2) is 0 Å². The van der Waals surface area contributed by atoms with Crippen LogP contribution in [-0.4, -0.2) is 54.4 Å². The average molecular weight is 332 g/mol. The second kappa shape index (κ2) is 7.35. The summed E-state index contributed by atoms with van der Waals surface area (Å²) in [7, 11) is 0. The highest BCUT2D eigenvalue weighted by Gasteiger charge is 2.26. The molecule has 1 aliphatic heterocycles. The van der Waals surface area contributed by atoms with Gasteiger partial charge in [-0.2, -0.15) is 0 Å². The number of likely N-dealkylation sites (tertiary alicyclic amines) is 1. The summed E-state index contributed by atoms with van der Waals surface area (Å²) in [6.07, 6.45) is 1.96. The highest BCUT2D eigenvalue weighted by Crippen LogP contribution is 2.17. The Labute approximate surface area is 139 Å². The predicted molar refractivity (Wildman–Crippen MR) is 86.9 cm³/mol. The van der Waals surface area contributed by atoms with Crippen molar-refractivity contribution >= 4 is 23.0 Å². The number of nitrogens with one attached hydrogen (secondary N) is 1. The van der Waals surface area contributed by atoms with Gasteiger partial charge in [-0.15, -0.1) is 0 Å². The lowest BCUT2D eigenvalue weighted by Crippen LogP contribution is -2.38. The maximum atomic E-state index is 12.0. The molecule has 7 nitrogen and oxygen atoms in total. The fraction of sp³-hybridized carbons (Fsp3) is 0.412. The molecule has 1 aromatic carbocycles. The summed E-state index contributed by atoms with van der Waals surface area (Å²) in [4.78, 5) is 24.3. The molecule has 2 aromatic rings. The SMILES string of the molecule is O=C(O)NC1CCN(C(=O)COCCc2ccc3occc3c2)C1. The summed E-state index contributed by atoms with van der Waals surface area (Å²) in [5.74, 6) is -0.102. The number of nitrogens with zero attached hydrogens (tertiary/aromatic N) is 1. The quantitative estimate of drug-likeness (QED) is 0.788. The first kappa shape index (κ1) is 16.3. The molecule has 1 unspecified atom stereocenters. The smallest absolute Gasteiger partial charge is 0.404 e. The van der Waals surface area contributed by atoms with Crippen LogP contribution in [-0.2, 0) is 16.0 Å². The molecule has 7 heteroatoms. The zero-order chi connectivity index (χ0) is 16.9. The van der Waals surface area contributed by atoms with E-state index in [9.17, 15) is 9.59 Å². The minimum Gasteiger partial charge on any atom is -0.465 e. The summed E-state index contributed by atoms with van der Waals surface area (Å²) < 4.78 is 10.8. The van der Waals surface area contributed by atoms with Gasteiger partial charge in [0.25, 0.3) is 0 Å². The third-order valence-electron chi connectivity index (χ3n) is 4.15. The molecule has 2 heterocycles. The van der Waals surface area contributed by atoms with E-state index < -0.39 is 6.09 Å². The van der Waals surface area contributed by atoms with Crippen molar-refractivity contribution in [2.24, 2.45) is 0 Å². The van der Waals surface area contributed by atoms with E-state index in [1.807, 2.05) is 24.3 Å². The van der Waals surface area contributed by atoms with Gasteiger partial charge in [-0.25, -0.2) is 4.79 Å². The van der Waals surface area contributed by atoms with Gasteiger partial charge in [0.2, 0.25) is 5.91 Å². The lowest BCUT2D eigenvalue weighted by Gasteiger charge is -2.16. The van der Waals surface area contributed by atoms with Gasteiger partial charge in [-0.05, 0) is 36.6 Å². The van der Waals surface area contributed by atoms with Gasteiger partial charge in [-0.3, -0.25) is 4.79 Å². The number of rotatable bonds is 6. The third kappa shape index (κ3) is 4.05. The zero-order valence-electron chi connectivity index (χ0n) is 13.2. The van der Waals surface area contributed by atoms with Gasteiger partial charge >= 0.3 is 6.09 Å². The Morgan fingerprint density at radius 1 is 1.38 bits per heavy atom. The van der Waals surface area contributed by atoms with E-state index in [2.05, 4.69) is 5.32 Å². The predicted octanol–water partition coefficient (Wildman–Crippen LogP) is 1.86. The monoisotopic (exact) mass is 332 g/mol. The first-order chi connectivity index (χ1) is 11.6. The maximum absolute atomic E-state index is 12.0. The second-order valence-electron chi connectivity index (χ2n) is 5.87. The number of hydrogen-bond donors (Lipinski definition) is 2. The van der Waals surface area contributed by atoms with E-state index in [0.717, 1.165) is 23.0 Å². The fourth-order valence-electron chi connectivity index (χ4n) is 2.89. The van der Waals surface area contributed by atoms with Crippen molar-refractivity contribution in [3.63, 3.8) is 0 Å². The van der Waals surface area contributed by atoms with Crippen molar-refractivity contribution in [3.8, 4) is 0 Å². The highest BCUT2D eigenvalue weighted by atomic mass is 16.5. The molecular weight excluding hydrogens is 312 g/mol. The van der Waals surface area contributed by atoms with Crippen LogP contribution in [0, 0.1) is 0 Å². The molecule has 0 aliphatic carbocycles. The first-order valence-electron chi connectivity index (χ1n) is 7.93. The van der Waals surface area contributed by atoms with E-state index in [0.29, 0.717) is 26.1 Å². The van der Waals surface area contributed by atoms with E-state index in [1.165, 1.54) is 0 Å². The Balaban J connectivity index is 1.38. The van der Waals surface area contributed by atoms with Crippen LogP contribution in [0.25, 0.3) is 11.0 Å². The maximum Gasteiger partial charge on any atom is 0.404 e. The standard InChI is InChI=1S/C17H20N2O5/c20-16(19-6-3-14(10-19)18-17(21)22)11-23-7-4-12-1-2-15-13(9-12)5-8-24-15/h1-2,5,8-9,14,18H,3-4,6-7,10-11H2,(H,21,22). The molecule has 0 saturated carbocycles. The minimum atomic E-state index is -1.06. The van der Waals surface area contributed by atoms with Crippen LogP contribution >= 0.6 is 0 Å². The van der Waals surface area contributed by atoms with Gasteiger partial charge in [-0.1, -0.05) is 6.07 Å². The molecule has 0 radical (unpaired) electrons. The lowest BCUT2D eigenvalue weighted by molar-refractivity contribution is -0.135. The number of fused-ring (bicyclic) bond motifs is 1. The van der Waals surface area contributed by atoms with Crippen LogP contribution in [0.2, 0.25) is 0 Å². The Bertz CT molecular complexity index is 727. The molecule has 1 aromatic heterocycles. The number of furan rings is 1. The van der Waals surface area contributed by atoms with Crippen LogP contribution in [0.4, 0.5) is 4.79 Å². The van der Waals surface area contributed by atoms with Crippen LogP contribution < -0.4 is 5.32 Å². The van der Waals surface area contributed by atoms with Gasteiger partial charge in [0, 0.05) is 18.5 Å². The average Bonchev–Trinajstić information content (AvgIpc) is 3.19.